The summed E-state index contributed by atoms with van der Waals surface area (Å²) in [6.07, 6.45) is 1.07. The van der Waals surface area contributed by atoms with E-state index in [1.54, 1.807) is 0 Å². The standard InChI is InChI=1S/C22H29NO/c1-15(2)14-18-10-12-19(13-11-18)17(5)22(24)23-21-9-7-6-8-20(21)16(3)4/h6-13,15-17H,14H2,1-5H3,(H,23,24)/t17-/m0/s1. The number of carbonyl (C=O) groups is 1. The fraction of sp³-hybridized carbons (Fsp3) is 0.409. The van der Waals surface area contributed by atoms with Crippen LogP contribution in [0.1, 0.15) is 63.1 Å². The highest BCUT2D eigenvalue weighted by Gasteiger charge is 2.17. The predicted octanol–water partition coefficient (Wildman–Crippen LogP) is 5.75. The summed E-state index contributed by atoms with van der Waals surface area (Å²) in [7, 11) is 0. The molecule has 0 aliphatic carbocycles. The van der Waals surface area contributed by atoms with Crippen molar-refractivity contribution in [3.8, 4) is 0 Å². The number of rotatable bonds is 6. The fourth-order valence-corrected chi connectivity index (χ4v) is 2.92. The van der Waals surface area contributed by atoms with E-state index in [1.165, 1.54) is 11.1 Å². The molecular formula is C22H29NO. The van der Waals surface area contributed by atoms with Gasteiger partial charge in [-0.3, -0.25) is 4.79 Å². The minimum Gasteiger partial charge on any atom is -0.325 e. The molecule has 0 spiro atoms. The molecule has 0 saturated heterocycles. The van der Waals surface area contributed by atoms with Gasteiger partial charge in [0.05, 0.1) is 5.92 Å². The van der Waals surface area contributed by atoms with Gasteiger partial charge in [-0.2, -0.15) is 0 Å². The van der Waals surface area contributed by atoms with Crippen molar-refractivity contribution in [3.05, 3.63) is 65.2 Å². The highest BCUT2D eigenvalue weighted by atomic mass is 16.1. The molecule has 0 aliphatic heterocycles. The highest BCUT2D eigenvalue weighted by molar-refractivity contribution is 5.96. The van der Waals surface area contributed by atoms with Crippen LogP contribution in [0.4, 0.5) is 5.69 Å². The number of benzene rings is 2. The van der Waals surface area contributed by atoms with E-state index in [0.717, 1.165) is 17.7 Å². The van der Waals surface area contributed by atoms with Gasteiger partial charge in [0.25, 0.3) is 0 Å². The van der Waals surface area contributed by atoms with Crippen molar-refractivity contribution in [1.29, 1.82) is 0 Å². The van der Waals surface area contributed by atoms with Crippen LogP contribution in [0.25, 0.3) is 0 Å². The minimum absolute atomic E-state index is 0.0414. The van der Waals surface area contributed by atoms with Crippen LogP contribution in [-0.2, 0) is 11.2 Å². The molecule has 0 bridgehead atoms. The number of anilines is 1. The van der Waals surface area contributed by atoms with Crippen LogP contribution in [0.3, 0.4) is 0 Å². The summed E-state index contributed by atoms with van der Waals surface area (Å²) in [5, 5.41) is 3.10. The van der Waals surface area contributed by atoms with Crippen LogP contribution in [0.2, 0.25) is 0 Å². The molecular weight excluding hydrogens is 294 g/mol. The second kappa shape index (κ2) is 8.14. The van der Waals surface area contributed by atoms with Gasteiger partial charge in [-0.25, -0.2) is 0 Å². The average Bonchev–Trinajstić information content (AvgIpc) is 2.54. The van der Waals surface area contributed by atoms with E-state index in [9.17, 15) is 4.79 Å². The Bertz CT molecular complexity index is 671. The SMILES string of the molecule is CC(C)Cc1ccc([C@H](C)C(=O)Nc2ccccc2C(C)C)cc1. The number of para-hydroxylation sites is 1. The van der Waals surface area contributed by atoms with Crippen molar-refractivity contribution in [2.24, 2.45) is 5.92 Å². The maximum absolute atomic E-state index is 12.6. The normalized spacial score (nSPS) is 12.5. The topological polar surface area (TPSA) is 29.1 Å². The quantitative estimate of drug-likeness (QED) is 0.720. The largest absolute Gasteiger partial charge is 0.325 e. The first-order valence-corrected chi connectivity index (χ1v) is 8.87. The lowest BCUT2D eigenvalue weighted by Gasteiger charge is -2.17. The summed E-state index contributed by atoms with van der Waals surface area (Å²) in [6, 6.07) is 16.5. The zero-order chi connectivity index (χ0) is 17.7. The Labute approximate surface area is 146 Å². The van der Waals surface area contributed by atoms with E-state index in [2.05, 4.69) is 63.3 Å². The van der Waals surface area contributed by atoms with E-state index < -0.39 is 0 Å². The second-order valence-corrected chi connectivity index (χ2v) is 7.29. The molecule has 1 amide bonds. The molecule has 24 heavy (non-hydrogen) atoms. The summed E-state index contributed by atoms with van der Waals surface area (Å²) in [5.74, 6) is 0.897. The third-order valence-corrected chi connectivity index (χ3v) is 4.36. The first-order chi connectivity index (χ1) is 11.4. The van der Waals surface area contributed by atoms with Crippen molar-refractivity contribution in [3.63, 3.8) is 0 Å². The van der Waals surface area contributed by atoms with Gasteiger partial charge in [-0.1, -0.05) is 70.2 Å². The molecule has 2 nitrogen and oxygen atoms in total. The van der Waals surface area contributed by atoms with Crippen molar-refractivity contribution in [1.82, 2.24) is 0 Å². The molecule has 2 aromatic rings. The molecule has 0 aromatic heterocycles. The van der Waals surface area contributed by atoms with Gasteiger partial charge < -0.3 is 5.32 Å². The molecule has 1 N–H and O–H groups in total. The molecule has 0 aliphatic rings. The zero-order valence-electron chi connectivity index (χ0n) is 15.5. The zero-order valence-corrected chi connectivity index (χ0v) is 15.5. The lowest BCUT2D eigenvalue weighted by molar-refractivity contribution is -0.117. The Hall–Kier alpha value is -2.09. The van der Waals surface area contributed by atoms with Gasteiger partial charge in [0.2, 0.25) is 5.91 Å². The Morgan fingerprint density at radius 2 is 1.54 bits per heavy atom. The first kappa shape index (κ1) is 18.3. The first-order valence-electron chi connectivity index (χ1n) is 8.87. The lowest BCUT2D eigenvalue weighted by atomic mass is 9.95. The third kappa shape index (κ3) is 4.70. The maximum Gasteiger partial charge on any atom is 0.231 e. The Morgan fingerprint density at radius 1 is 0.917 bits per heavy atom. The van der Waals surface area contributed by atoms with Crippen molar-refractivity contribution < 1.29 is 4.79 Å². The second-order valence-electron chi connectivity index (χ2n) is 7.29. The predicted molar refractivity (Wildman–Crippen MR) is 103 cm³/mol. The van der Waals surface area contributed by atoms with Crippen LogP contribution >= 0.6 is 0 Å². The van der Waals surface area contributed by atoms with E-state index in [0.29, 0.717) is 11.8 Å². The number of amides is 1. The van der Waals surface area contributed by atoms with Crippen LogP contribution < -0.4 is 5.32 Å². The molecule has 1 atom stereocenters. The van der Waals surface area contributed by atoms with Gasteiger partial charge in [0.15, 0.2) is 0 Å². The Kier molecular flexibility index (Phi) is 6.19. The molecule has 128 valence electrons. The molecule has 2 heteroatoms. The molecule has 0 heterocycles. The van der Waals surface area contributed by atoms with Gasteiger partial charge in [0, 0.05) is 5.69 Å². The van der Waals surface area contributed by atoms with Gasteiger partial charge in [-0.05, 0) is 47.9 Å². The summed E-state index contributed by atoms with van der Waals surface area (Å²) in [5.41, 5.74) is 4.47. The van der Waals surface area contributed by atoms with E-state index in [-0.39, 0.29) is 11.8 Å². The van der Waals surface area contributed by atoms with Crippen molar-refractivity contribution in [2.45, 2.75) is 52.9 Å². The van der Waals surface area contributed by atoms with Crippen LogP contribution in [0, 0.1) is 5.92 Å². The van der Waals surface area contributed by atoms with Crippen LogP contribution in [0.15, 0.2) is 48.5 Å². The van der Waals surface area contributed by atoms with E-state index in [4.69, 9.17) is 0 Å². The fourth-order valence-electron chi connectivity index (χ4n) is 2.92. The highest BCUT2D eigenvalue weighted by Crippen LogP contribution is 2.26. The molecule has 2 aromatic carbocycles. The van der Waals surface area contributed by atoms with Crippen molar-refractivity contribution in [2.75, 3.05) is 5.32 Å². The van der Waals surface area contributed by atoms with Gasteiger partial charge in [0.1, 0.15) is 0 Å². The Balaban J connectivity index is 2.10. The number of hydrogen-bond donors (Lipinski definition) is 1. The molecule has 0 unspecified atom stereocenters. The minimum atomic E-state index is -0.168. The van der Waals surface area contributed by atoms with Crippen molar-refractivity contribution >= 4 is 11.6 Å². The average molecular weight is 323 g/mol. The summed E-state index contributed by atoms with van der Waals surface area (Å²) >= 11 is 0. The molecule has 2 rings (SSSR count). The summed E-state index contributed by atoms with van der Waals surface area (Å²) in [6.45, 7) is 10.7. The number of hydrogen-bond acceptors (Lipinski definition) is 1. The van der Waals surface area contributed by atoms with Gasteiger partial charge >= 0.3 is 0 Å². The Morgan fingerprint density at radius 3 is 2.12 bits per heavy atom. The summed E-state index contributed by atoms with van der Waals surface area (Å²) < 4.78 is 0. The van der Waals surface area contributed by atoms with Gasteiger partial charge in [-0.15, -0.1) is 0 Å². The van der Waals surface area contributed by atoms with E-state index in [1.807, 2.05) is 25.1 Å². The van der Waals surface area contributed by atoms with Crippen LogP contribution in [0.5, 0.6) is 0 Å². The lowest BCUT2D eigenvalue weighted by Crippen LogP contribution is -2.20. The molecule has 0 radical (unpaired) electrons. The smallest absolute Gasteiger partial charge is 0.231 e. The monoisotopic (exact) mass is 323 g/mol. The van der Waals surface area contributed by atoms with Crippen LogP contribution in [-0.4, -0.2) is 5.91 Å². The van der Waals surface area contributed by atoms with E-state index >= 15 is 0 Å². The molecule has 0 saturated carbocycles. The number of carbonyl (C=O) groups excluding carboxylic acids is 1. The summed E-state index contributed by atoms with van der Waals surface area (Å²) in [4.78, 5) is 12.6. The molecule has 0 fully saturated rings. The maximum atomic E-state index is 12.6. The third-order valence-electron chi connectivity index (χ3n) is 4.36. The number of nitrogens with one attached hydrogen (secondary N) is 1.